The molecule has 3 N–H and O–H groups in total. The van der Waals surface area contributed by atoms with Gasteiger partial charge in [-0.15, -0.1) is 0 Å². The number of piperidine rings is 1. The Balaban J connectivity index is 2.20. The third kappa shape index (κ3) is 2.72. The maximum Gasteiger partial charge on any atom is 0.311 e. The molecule has 1 saturated heterocycles. The molecule has 8 heteroatoms. The summed E-state index contributed by atoms with van der Waals surface area (Å²) in [4.78, 5) is 26.8. The maximum atomic E-state index is 11.0. The lowest BCUT2D eigenvalue weighted by Gasteiger charge is -2.31. The van der Waals surface area contributed by atoms with Gasteiger partial charge in [-0.05, 0) is 18.9 Å². The van der Waals surface area contributed by atoms with Gasteiger partial charge >= 0.3 is 11.7 Å². The number of pyridine rings is 1. The van der Waals surface area contributed by atoms with Crippen LogP contribution in [0, 0.1) is 16.0 Å². The Morgan fingerprint density at radius 3 is 2.89 bits per heavy atom. The molecule has 1 fully saturated rings. The molecule has 0 radical (unpaired) electrons. The van der Waals surface area contributed by atoms with Crippen molar-refractivity contribution in [2.75, 3.05) is 23.7 Å². The number of nitro groups is 1. The van der Waals surface area contributed by atoms with Gasteiger partial charge in [-0.25, -0.2) is 4.98 Å². The quantitative estimate of drug-likeness (QED) is 0.614. The molecule has 1 aliphatic rings. The van der Waals surface area contributed by atoms with E-state index in [1.54, 1.807) is 4.90 Å². The molecule has 2 heterocycles. The first-order chi connectivity index (χ1) is 8.99. The van der Waals surface area contributed by atoms with Crippen LogP contribution in [0.5, 0.6) is 0 Å². The number of anilines is 2. The number of nitrogen functional groups attached to an aromatic ring is 1. The van der Waals surface area contributed by atoms with E-state index in [0.29, 0.717) is 25.3 Å². The Bertz CT molecular complexity index is 519. The molecule has 2 rings (SSSR count). The van der Waals surface area contributed by atoms with Crippen LogP contribution in [0.1, 0.15) is 12.8 Å². The zero-order valence-corrected chi connectivity index (χ0v) is 10.2. The summed E-state index contributed by atoms with van der Waals surface area (Å²) in [5.74, 6) is -0.944. The van der Waals surface area contributed by atoms with E-state index >= 15 is 0 Å². The van der Waals surface area contributed by atoms with Crippen LogP contribution in [-0.2, 0) is 4.79 Å². The number of carboxylic acids is 1. The van der Waals surface area contributed by atoms with Crippen LogP contribution in [0.15, 0.2) is 12.1 Å². The van der Waals surface area contributed by atoms with Crippen molar-refractivity contribution in [1.82, 2.24) is 4.98 Å². The van der Waals surface area contributed by atoms with Crippen molar-refractivity contribution in [2.24, 2.45) is 5.92 Å². The number of nitrogens with zero attached hydrogens (tertiary/aromatic N) is 3. The van der Waals surface area contributed by atoms with Crippen LogP contribution in [0.3, 0.4) is 0 Å². The molecule has 102 valence electrons. The van der Waals surface area contributed by atoms with Crippen molar-refractivity contribution in [3.63, 3.8) is 0 Å². The van der Waals surface area contributed by atoms with E-state index in [1.807, 2.05) is 0 Å². The molecule has 0 spiro atoms. The Labute approximate surface area is 109 Å². The highest BCUT2D eigenvalue weighted by Crippen LogP contribution is 2.26. The number of hydrogen-bond donors (Lipinski definition) is 2. The van der Waals surface area contributed by atoms with E-state index in [2.05, 4.69) is 4.98 Å². The van der Waals surface area contributed by atoms with E-state index in [1.165, 1.54) is 12.1 Å². The van der Waals surface area contributed by atoms with Crippen molar-refractivity contribution in [2.45, 2.75) is 12.8 Å². The van der Waals surface area contributed by atoms with E-state index in [9.17, 15) is 14.9 Å². The molecular formula is C11H14N4O4. The molecule has 1 aliphatic heterocycles. The summed E-state index contributed by atoms with van der Waals surface area (Å²) in [5, 5.41) is 19.7. The number of nitrogens with two attached hydrogens (primary N) is 1. The first kappa shape index (κ1) is 13.1. The minimum atomic E-state index is -0.834. The van der Waals surface area contributed by atoms with Crippen LogP contribution in [0.2, 0.25) is 0 Å². The largest absolute Gasteiger partial charge is 0.481 e. The lowest BCUT2D eigenvalue weighted by molar-refractivity contribution is -0.384. The van der Waals surface area contributed by atoms with Crippen molar-refractivity contribution < 1.29 is 14.8 Å². The average Bonchev–Trinajstić information content (AvgIpc) is 2.38. The van der Waals surface area contributed by atoms with Crippen molar-refractivity contribution in [3.05, 3.63) is 22.2 Å². The number of aromatic nitrogens is 1. The van der Waals surface area contributed by atoms with Crippen molar-refractivity contribution in [1.29, 1.82) is 0 Å². The zero-order chi connectivity index (χ0) is 14.0. The first-order valence-electron chi connectivity index (χ1n) is 5.87. The van der Waals surface area contributed by atoms with Gasteiger partial charge in [0.05, 0.1) is 10.8 Å². The molecule has 0 saturated carbocycles. The van der Waals surface area contributed by atoms with Crippen molar-refractivity contribution in [3.8, 4) is 0 Å². The molecule has 0 aromatic carbocycles. The van der Waals surface area contributed by atoms with Gasteiger partial charge in [0.1, 0.15) is 5.82 Å². The average molecular weight is 266 g/mol. The Hall–Kier alpha value is -2.38. The summed E-state index contributed by atoms with van der Waals surface area (Å²) in [6.07, 6.45) is 1.38. The zero-order valence-electron chi connectivity index (χ0n) is 10.2. The SMILES string of the molecule is Nc1nc(N2CCC[C@@H](C(=O)O)C2)ccc1[N+](=O)[O-]. The highest BCUT2D eigenvalue weighted by molar-refractivity contribution is 5.71. The van der Waals surface area contributed by atoms with E-state index < -0.39 is 16.8 Å². The Kier molecular flexibility index (Phi) is 3.50. The fourth-order valence-electron chi connectivity index (χ4n) is 2.17. The Morgan fingerprint density at radius 2 is 2.32 bits per heavy atom. The minimum absolute atomic E-state index is 0.153. The normalized spacial score (nSPS) is 19.2. The summed E-state index contributed by atoms with van der Waals surface area (Å²) in [7, 11) is 0. The smallest absolute Gasteiger partial charge is 0.311 e. The number of carbonyl (C=O) groups is 1. The molecule has 1 aromatic rings. The lowest BCUT2D eigenvalue weighted by atomic mass is 9.98. The molecule has 1 atom stereocenters. The third-order valence-corrected chi connectivity index (χ3v) is 3.18. The van der Waals surface area contributed by atoms with Crippen molar-refractivity contribution >= 4 is 23.3 Å². The van der Waals surface area contributed by atoms with Gasteiger partial charge in [-0.3, -0.25) is 14.9 Å². The number of hydrogen-bond acceptors (Lipinski definition) is 6. The van der Waals surface area contributed by atoms with Gasteiger partial charge in [0.25, 0.3) is 0 Å². The lowest BCUT2D eigenvalue weighted by Crippen LogP contribution is -2.39. The molecule has 0 amide bonds. The molecule has 8 nitrogen and oxygen atoms in total. The molecule has 0 aliphatic carbocycles. The summed E-state index contributed by atoms with van der Waals surface area (Å²) in [5.41, 5.74) is 5.29. The molecule has 0 bridgehead atoms. The summed E-state index contributed by atoms with van der Waals surface area (Å²) >= 11 is 0. The number of rotatable bonds is 3. The van der Waals surface area contributed by atoms with E-state index in [4.69, 9.17) is 10.8 Å². The van der Waals surface area contributed by atoms with Crippen LogP contribution in [-0.4, -0.2) is 34.1 Å². The second kappa shape index (κ2) is 5.09. The van der Waals surface area contributed by atoms with Gasteiger partial charge in [0.15, 0.2) is 0 Å². The maximum absolute atomic E-state index is 11.0. The van der Waals surface area contributed by atoms with Gasteiger partial charge in [0, 0.05) is 19.2 Å². The molecule has 0 unspecified atom stereocenters. The second-order valence-corrected chi connectivity index (χ2v) is 4.45. The molecule has 1 aromatic heterocycles. The summed E-state index contributed by atoms with van der Waals surface area (Å²) in [6.45, 7) is 1.02. The van der Waals surface area contributed by atoms with Gasteiger partial charge < -0.3 is 15.7 Å². The topological polar surface area (TPSA) is 123 Å². The predicted octanol–water partition coefficient (Wildman–Crippen LogP) is 0.873. The minimum Gasteiger partial charge on any atom is -0.481 e. The summed E-state index contributed by atoms with van der Waals surface area (Å²) in [6, 6.07) is 2.79. The highest BCUT2D eigenvalue weighted by Gasteiger charge is 2.26. The van der Waals surface area contributed by atoms with E-state index in [-0.39, 0.29) is 11.5 Å². The number of aliphatic carboxylic acids is 1. The monoisotopic (exact) mass is 266 g/mol. The fraction of sp³-hybridized carbons (Fsp3) is 0.455. The van der Waals surface area contributed by atoms with Crippen LogP contribution < -0.4 is 10.6 Å². The first-order valence-corrected chi connectivity index (χ1v) is 5.87. The molecular weight excluding hydrogens is 252 g/mol. The number of carboxylic acid groups (broad SMARTS) is 1. The summed E-state index contributed by atoms with van der Waals surface area (Å²) < 4.78 is 0. The van der Waals surface area contributed by atoms with Crippen LogP contribution in [0.25, 0.3) is 0 Å². The third-order valence-electron chi connectivity index (χ3n) is 3.18. The second-order valence-electron chi connectivity index (χ2n) is 4.45. The van der Waals surface area contributed by atoms with Gasteiger partial charge in [0.2, 0.25) is 5.82 Å². The van der Waals surface area contributed by atoms with Gasteiger partial charge in [-0.2, -0.15) is 0 Å². The van der Waals surface area contributed by atoms with Crippen LogP contribution >= 0.6 is 0 Å². The van der Waals surface area contributed by atoms with Crippen LogP contribution in [0.4, 0.5) is 17.3 Å². The van der Waals surface area contributed by atoms with E-state index in [0.717, 1.165) is 6.42 Å². The molecule has 19 heavy (non-hydrogen) atoms. The standard InChI is InChI=1S/C11H14N4O4/c12-10-8(15(18)19)3-4-9(13-10)14-5-1-2-7(6-14)11(16)17/h3-4,7H,1-2,5-6H2,(H2,12,13)(H,16,17)/t7-/m1/s1. The Morgan fingerprint density at radius 1 is 1.58 bits per heavy atom. The van der Waals surface area contributed by atoms with Gasteiger partial charge in [-0.1, -0.05) is 0 Å². The predicted molar refractivity (Wildman–Crippen MR) is 67.9 cm³/mol. The highest BCUT2D eigenvalue weighted by atomic mass is 16.6. The fourth-order valence-corrected chi connectivity index (χ4v) is 2.17.